The Morgan fingerprint density at radius 2 is 2.12 bits per heavy atom. The van der Waals surface area contributed by atoms with Crippen LogP contribution in [0, 0.1) is 0 Å². The Kier molecular flexibility index (Phi) is 8.21. The number of carbonyl (C=O) groups is 2. The maximum absolute atomic E-state index is 11.3. The number of thioether (sulfide) groups is 1. The van der Waals surface area contributed by atoms with Crippen LogP contribution < -0.4 is 11.2 Å². The van der Waals surface area contributed by atoms with Gasteiger partial charge in [0.25, 0.3) is 0 Å². The zero-order chi connectivity index (χ0) is 13.3. The first-order valence-corrected chi connectivity index (χ1v) is 6.38. The molecular weight excluding hydrogens is 242 g/mol. The minimum Gasteiger partial charge on any atom is -0.466 e. The first-order chi connectivity index (χ1) is 7.95. The van der Waals surface area contributed by atoms with Crippen LogP contribution in [0.1, 0.15) is 27.2 Å². The molecule has 98 valence electrons. The van der Waals surface area contributed by atoms with Crippen LogP contribution >= 0.6 is 11.8 Å². The van der Waals surface area contributed by atoms with Gasteiger partial charge in [-0.25, -0.2) is 5.43 Å². The summed E-state index contributed by atoms with van der Waals surface area (Å²) in [5.74, 6) is -0.352. The summed E-state index contributed by atoms with van der Waals surface area (Å²) in [7, 11) is 0. The number of amidine groups is 1. The van der Waals surface area contributed by atoms with Gasteiger partial charge < -0.3 is 10.5 Å². The highest BCUT2D eigenvalue weighted by molar-refractivity contribution is 8.00. The minimum absolute atomic E-state index is 0.0337. The lowest BCUT2D eigenvalue weighted by Gasteiger charge is -2.04. The molecule has 0 aromatic heterocycles. The van der Waals surface area contributed by atoms with Crippen molar-refractivity contribution in [3.8, 4) is 0 Å². The summed E-state index contributed by atoms with van der Waals surface area (Å²) in [5, 5.41) is 3.98. The Hall–Kier alpha value is -1.24. The van der Waals surface area contributed by atoms with Crippen LogP contribution in [-0.4, -0.2) is 35.3 Å². The number of nitrogens with two attached hydrogens (primary N) is 1. The first-order valence-electron chi connectivity index (χ1n) is 5.33. The molecule has 6 nitrogen and oxygen atoms in total. The highest BCUT2D eigenvalue weighted by atomic mass is 32.2. The van der Waals surface area contributed by atoms with Gasteiger partial charge in [-0.15, -0.1) is 11.8 Å². The third-order valence-corrected chi connectivity index (χ3v) is 2.60. The van der Waals surface area contributed by atoms with E-state index < -0.39 is 5.97 Å². The Labute approximate surface area is 105 Å². The fourth-order valence-electron chi connectivity index (χ4n) is 0.808. The van der Waals surface area contributed by atoms with Crippen molar-refractivity contribution >= 4 is 29.5 Å². The number of hydrogen-bond acceptors (Lipinski definition) is 5. The molecule has 0 fully saturated rings. The molecule has 1 amide bonds. The molecule has 0 aliphatic carbocycles. The van der Waals surface area contributed by atoms with E-state index >= 15 is 0 Å². The van der Waals surface area contributed by atoms with Crippen molar-refractivity contribution in [3.63, 3.8) is 0 Å². The predicted molar refractivity (Wildman–Crippen MR) is 68.6 cm³/mol. The normalized spacial score (nSPS) is 11.4. The first kappa shape index (κ1) is 15.8. The molecule has 0 rings (SSSR count). The average molecular weight is 261 g/mol. The lowest BCUT2D eigenvalue weighted by atomic mass is 10.4. The number of nitrogens with one attached hydrogen (secondary N) is 1. The lowest BCUT2D eigenvalue weighted by molar-refractivity contribution is -0.141. The quantitative estimate of drug-likeness (QED) is 0.301. The molecule has 0 saturated carbocycles. The molecule has 0 saturated heterocycles. The number of esters is 1. The van der Waals surface area contributed by atoms with Gasteiger partial charge in [0.2, 0.25) is 5.91 Å². The summed E-state index contributed by atoms with van der Waals surface area (Å²) in [5.41, 5.74) is 7.72. The van der Waals surface area contributed by atoms with E-state index in [1.807, 2.05) is 13.8 Å². The number of ether oxygens (including phenoxy) is 1. The summed E-state index contributed by atoms with van der Waals surface area (Å²) < 4.78 is 4.68. The van der Waals surface area contributed by atoms with Gasteiger partial charge in [-0.3, -0.25) is 9.59 Å². The van der Waals surface area contributed by atoms with Crippen LogP contribution in [0.2, 0.25) is 0 Å². The second-order valence-electron chi connectivity index (χ2n) is 3.48. The number of hydrazone groups is 1. The molecule has 0 unspecified atom stereocenters. The van der Waals surface area contributed by atoms with E-state index in [0.29, 0.717) is 17.6 Å². The molecule has 0 spiro atoms. The Morgan fingerprint density at radius 3 is 2.65 bits per heavy atom. The number of amides is 1. The summed E-state index contributed by atoms with van der Waals surface area (Å²) in [4.78, 5) is 22.3. The summed E-state index contributed by atoms with van der Waals surface area (Å²) >= 11 is 1.50. The zero-order valence-corrected chi connectivity index (χ0v) is 11.2. The second kappa shape index (κ2) is 8.86. The van der Waals surface area contributed by atoms with Crippen molar-refractivity contribution in [1.82, 2.24) is 5.43 Å². The third-order valence-electron chi connectivity index (χ3n) is 1.50. The Balaban J connectivity index is 3.89. The summed E-state index contributed by atoms with van der Waals surface area (Å²) in [6.07, 6.45) is -0.120. The predicted octanol–water partition coefficient (Wildman–Crippen LogP) is 0.470. The molecule has 0 aliphatic rings. The van der Waals surface area contributed by atoms with Gasteiger partial charge in [0, 0.05) is 0 Å². The fourth-order valence-corrected chi connectivity index (χ4v) is 1.36. The van der Waals surface area contributed by atoms with E-state index in [1.54, 1.807) is 6.92 Å². The summed E-state index contributed by atoms with van der Waals surface area (Å²) in [6, 6.07) is 0. The van der Waals surface area contributed by atoms with Crippen LogP contribution in [0.15, 0.2) is 5.10 Å². The zero-order valence-electron chi connectivity index (χ0n) is 10.4. The highest BCUT2D eigenvalue weighted by Crippen LogP contribution is 2.07. The van der Waals surface area contributed by atoms with E-state index in [1.165, 1.54) is 11.8 Å². The van der Waals surface area contributed by atoms with E-state index in [4.69, 9.17) is 5.73 Å². The van der Waals surface area contributed by atoms with Crippen molar-refractivity contribution < 1.29 is 14.3 Å². The number of carbonyl (C=O) groups excluding carboxylic acids is 2. The van der Waals surface area contributed by atoms with Gasteiger partial charge in [-0.1, -0.05) is 13.8 Å². The molecule has 0 aliphatic heterocycles. The molecule has 17 heavy (non-hydrogen) atoms. The summed E-state index contributed by atoms with van der Waals surface area (Å²) in [6.45, 7) is 5.99. The van der Waals surface area contributed by atoms with E-state index in [-0.39, 0.29) is 18.2 Å². The molecule has 0 atom stereocenters. The molecule has 7 heteroatoms. The molecule has 0 heterocycles. The largest absolute Gasteiger partial charge is 0.466 e. The van der Waals surface area contributed by atoms with Crippen LogP contribution in [-0.2, 0) is 14.3 Å². The van der Waals surface area contributed by atoms with Crippen molar-refractivity contribution in [1.29, 1.82) is 0 Å². The maximum Gasteiger partial charge on any atom is 0.313 e. The topological polar surface area (TPSA) is 93.8 Å². The van der Waals surface area contributed by atoms with Crippen LogP contribution in [0.4, 0.5) is 0 Å². The smallest absolute Gasteiger partial charge is 0.313 e. The number of hydrogen-bond donors (Lipinski definition) is 2. The van der Waals surface area contributed by atoms with Gasteiger partial charge in [0.1, 0.15) is 12.3 Å². The number of nitrogens with zero attached hydrogens (tertiary/aromatic N) is 1. The van der Waals surface area contributed by atoms with Gasteiger partial charge >= 0.3 is 5.97 Å². The van der Waals surface area contributed by atoms with Gasteiger partial charge in [0.15, 0.2) is 0 Å². The molecule has 3 N–H and O–H groups in total. The minimum atomic E-state index is -0.459. The maximum atomic E-state index is 11.3. The number of rotatable bonds is 7. The Morgan fingerprint density at radius 1 is 1.47 bits per heavy atom. The van der Waals surface area contributed by atoms with E-state index in [9.17, 15) is 9.59 Å². The average Bonchev–Trinajstić information content (AvgIpc) is 2.23. The lowest BCUT2D eigenvalue weighted by Crippen LogP contribution is -2.27. The van der Waals surface area contributed by atoms with Gasteiger partial charge in [-0.05, 0) is 12.2 Å². The van der Waals surface area contributed by atoms with Crippen molar-refractivity contribution in [3.05, 3.63) is 0 Å². The molecular formula is C10H19N3O3S. The standard InChI is InChI=1S/C10H19N3O3S/c1-4-16-10(15)5-8(11)12-13-9(14)6-17-7(2)3/h7H,4-6H2,1-3H3,(H2,11,12)(H,13,14). The van der Waals surface area contributed by atoms with Crippen LogP contribution in [0.3, 0.4) is 0 Å². The molecule has 0 bridgehead atoms. The van der Waals surface area contributed by atoms with Gasteiger partial charge in [0.05, 0.1) is 12.4 Å². The second-order valence-corrected chi connectivity index (χ2v) is 5.04. The Bertz CT molecular complexity index is 293. The third kappa shape index (κ3) is 9.68. The van der Waals surface area contributed by atoms with Crippen LogP contribution in [0.25, 0.3) is 0 Å². The van der Waals surface area contributed by atoms with Gasteiger partial charge in [-0.2, -0.15) is 5.10 Å². The highest BCUT2D eigenvalue weighted by Gasteiger charge is 2.06. The van der Waals surface area contributed by atoms with E-state index in [2.05, 4.69) is 15.3 Å². The monoisotopic (exact) mass is 261 g/mol. The van der Waals surface area contributed by atoms with E-state index in [0.717, 1.165) is 0 Å². The van der Waals surface area contributed by atoms with Crippen molar-refractivity contribution in [2.24, 2.45) is 10.8 Å². The SMILES string of the molecule is CCOC(=O)C/C(N)=N/NC(=O)CSC(C)C. The van der Waals surface area contributed by atoms with Crippen molar-refractivity contribution in [2.75, 3.05) is 12.4 Å². The van der Waals surface area contributed by atoms with Crippen molar-refractivity contribution in [2.45, 2.75) is 32.4 Å². The van der Waals surface area contributed by atoms with Crippen LogP contribution in [0.5, 0.6) is 0 Å². The molecule has 0 radical (unpaired) electrons. The molecule has 0 aromatic carbocycles. The molecule has 0 aromatic rings. The fraction of sp³-hybridized carbons (Fsp3) is 0.700.